The normalized spacial score (nSPS) is 19.6. The van der Waals surface area contributed by atoms with Gasteiger partial charge in [0, 0.05) is 12.6 Å². The molecule has 1 N–H and O–H groups in total. The third-order valence-electron chi connectivity index (χ3n) is 3.78. The molecule has 0 aromatic heterocycles. The number of carbonyl (C=O) groups is 1. The fourth-order valence-corrected chi connectivity index (χ4v) is 2.53. The number of carbonyl (C=O) groups excluding carboxylic acids is 1. The Labute approximate surface area is 127 Å². The third kappa shape index (κ3) is 4.10. The number of hydrogen-bond donors (Lipinski definition) is 1. The summed E-state index contributed by atoms with van der Waals surface area (Å²) in [7, 11) is 0. The molecule has 3 nitrogen and oxygen atoms in total. The molecule has 22 heavy (non-hydrogen) atoms. The first kappa shape index (κ1) is 16.5. The van der Waals surface area contributed by atoms with Gasteiger partial charge in [0.1, 0.15) is 0 Å². The lowest BCUT2D eigenvalue weighted by Gasteiger charge is -2.33. The first-order valence-corrected chi connectivity index (χ1v) is 7.18. The van der Waals surface area contributed by atoms with Gasteiger partial charge < -0.3 is 10.0 Å². The summed E-state index contributed by atoms with van der Waals surface area (Å²) in [6.45, 7) is 0.529. The number of halogens is 3. The predicted octanol–water partition coefficient (Wildman–Crippen LogP) is 3.09. The van der Waals surface area contributed by atoms with Crippen LogP contribution in [0, 0.1) is 0 Å². The van der Waals surface area contributed by atoms with Gasteiger partial charge in [-0.15, -0.1) is 0 Å². The number of piperidine rings is 1. The second-order valence-electron chi connectivity index (χ2n) is 5.32. The summed E-state index contributed by atoms with van der Waals surface area (Å²) in [6, 6.07) is 4.46. The highest BCUT2D eigenvalue weighted by Crippen LogP contribution is 2.29. The number of hydrogen-bond acceptors (Lipinski definition) is 2. The highest BCUT2D eigenvalue weighted by Gasteiger charge is 2.29. The van der Waals surface area contributed by atoms with Crippen molar-refractivity contribution in [2.75, 3.05) is 13.2 Å². The van der Waals surface area contributed by atoms with Crippen LogP contribution in [0.2, 0.25) is 0 Å². The molecule has 1 heterocycles. The lowest BCUT2D eigenvalue weighted by atomic mass is 10.0. The van der Waals surface area contributed by atoms with Crippen LogP contribution >= 0.6 is 0 Å². The Morgan fingerprint density at radius 2 is 1.95 bits per heavy atom. The van der Waals surface area contributed by atoms with Crippen molar-refractivity contribution in [3.05, 3.63) is 41.5 Å². The van der Waals surface area contributed by atoms with Crippen molar-refractivity contribution in [1.82, 2.24) is 4.90 Å². The summed E-state index contributed by atoms with van der Waals surface area (Å²) in [5.41, 5.74) is -0.189. The summed E-state index contributed by atoms with van der Waals surface area (Å²) < 4.78 is 37.4. The Bertz CT molecular complexity index is 537. The van der Waals surface area contributed by atoms with Crippen molar-refractivity contribution in [3.8, 4) is 0 Å². The number of benzene rings is 1. The molecule has 0 spiro atoms. The van der Waals surface area contributed by atoms with E-state index in [0.29, 0.717) is 12.1 Å². The van der Waals surface area contributed by atoms with E-state index in [2.05, 4.69) is 0 Å². The lowest BCUT2D eigenvalue weighted by Crippen LogP contribution is -2.44. The van der Waals surface area contributed by atoms with Crippen LogP contribution in [0.5, 0.6) is 0 Å². The Morgan fingerprint density at radius 3 is 2.55 bits per heavy atom. The van der Waals surface area contributed by atoms with Gasteiger partial charge in [-0.05, 0) is 43.0 Å². The first-order valence-electron chi connectivity index (χ1n) is 7.18. The largest absolute Gasteiger partial charge is 0.416 e. The molecule has 2 rings (SSSR count). The Kier molecular flexibility index (Phi) is 5.24. The molecule has 1 aliphatic rings. The van der Waals surface area contributed by atoms with Crippen molar-refractivity contribution in [2.45, 2.75) is 31.5 Å². The van der Waals surface area contributed by atoms with Crippen LogP contribution in [0.1, 0.15) is 30.4 Å². The summed E-state index contributed by atoms with van der Waals surface area (Å²) in [5, 5.41) is 9.28. The van der Waals surface area contributed by atoms with E-state index in [4.69, 9.17) is 0 Å². The number of alkyl halides is 3. The fourth-order valence-electron chi connectivity index (χ4n) is 2.53. The number of aliphatic hydroxyl groups is 1. The quantitative estimate of drug-likeness (QED) is 0.871. The van der Waals surface area contributed by atoms with Crippen LogP contribution in [-0.4, -0.2) is 35.1 Å². The molecule has 1 aromatic rings. The zero-order chi connectivity index (χ0) is 16.2. The van der Waals surface area contributed by atoms with Gasteiger partial charge in [-0.3, -0.25) is 4.79 Å². The third-order valence-corrected chi connectivity index (χ3v) is 3.78. The van der Waals surface area contributed by atoms with E-state index in [1.807, 2.05) is 0 Å². The van der Waals surface area contributed by atoms with Crippen molar-refractivity contribution >= 4 is 12.0 Å². The Balaban J connectivity index is 2.03. The molecular weight excluding hydrogens is 295 g/mol. The predicted molar refractivity (Wildman–Crippen MR) is 76.9 cm³/mol. The van der Waals surface area contributed by atoms with Crippen LogP contribution in [0.25, 0.3) is 6.08 Å². The van der Waals surface area contributed by atoms with E-state index >= 15 is 0 Å². The summed E-state index contributed by atoms with van der Waals surface area (Å²) in [6.07, 6.45) is 1.13. The molecule has 0 bridgehead atoms. The van der Waals surface area contributed by atoms with Gasteiger partial charge >= 0.3 is 6.18 Å². The molecular formula is C16H18F3NO2. The second-order valence-corrected chi connectivity index (χ2v) is 5.32. The highest BCUT2D eigenvalue weighted by atomic mass is 19.4. The topological polar surface area (TPSA) is 40.5 Å². The SMILES string of the molecule is O=C(/C=C/c1ccc(C(F)(F)F)cc1)N1CCCCC1CO. The van der Waals surface area contributed by atoms with Gasteiger partial charge in [-0.1, -0.05) is 12.1 Å². The molecule has 1 amide bonds. The van der Waals surface area contributed by atoms with Gasteiger partial charge in [0.25, 0.3) is 0 Å². The summed E-state index contributed by atoms with van der Waals surface area (Å²) in [4.78, 5) is 13.7. The van der Waals surface area contributed by atoms with Crippen LogP contribution in [0.15, 0.2) is 30.3 Å². The van der Waals surface area contributed by atoms with Gasteiger partial charge in [0.2, 0.25) is 5.91 Å². The molecule has 1 fully saturated rings. The molecule has 0 saturated carbocycles. The van der Waals surface area contributed by atoms with E-state index in [9.17, 15) is 23.1 Å². The minimum Gasteiger partial charge on any atom is -0.394 e. The number of nitrogens with zero attached hydrogens (tertiary/aromatic N) is 1. The zero-order valence-electron chi connectivity index (χ0n) is 12.0. The van der Waals surface area contributed by atoms with Gasteiger partial charge in [0.15, 0.2) is 0 Å². The minimum absolute atomic E-state index is 0.0696. The molecule has 0 aliphatic carbocycles. The molecule has 1 aliphatic heterocycles. The van der Waals surface area contributed by atoms with Crippen LogP contribution in [0.3, 0.4) is 0 Å². The molecule has 6 heteroatoms. The smallest absolute Gasteiger partial charge is 0.394 e. The van der Waals surface area contributed by atoms with Crippen molar-refractivity contribution < 1.29 is 23.1 Å². The number of aliphatic hydroxyl groups excluding tert-OH is 1. The molecule has 1 unspecified atom stereocenters. The minimum atomic E-state index is -4.36. The van der Waals surface area contributed by atoms with Crippen molar-refractivity contribution in [2.24, 2.45) is 0 Å². The average Bonchev–Trinajstić information content (AvgIpc) is 2.52. The van der Waals surface area contributed by atoms with Gasteiger partial charge in [-0.25, -0.2) is 0 Å². The first-order chi connectivity index (χ1) is 10.4. The molecule has 1 aromatic carbocycles. The molecule has 1 atom stereocenters. The molecule has 1 saturated heterocycles. The van der Waals surface area contributed by atoms with E-state index in [1.165, 1.54) is 24.3 Å². The van der Waals surface area contributed by atoms with E-state index in [-0.39, 0.29) is 18.6 Å². The maximum atomic E-state index is 12.5. The van der Waals surface area contributed by atoms with Crippen LogP contribution in [0.4, 0.5) is 13.2 Å². The summed E-state index contributed by atoms with van der Waals surface area (Å²) >= 11 is 0. The monoisotopic (exact) mass is 313 g/mol. The maximum Gasteiger partial charge on any atom is 0.416 e. The number of amides is 1. The average molecular weight is 313 g/mol. The van der Waals surface area contributed by atoms with Crippen LogP contribution < -0.4 is 0 Å². The zero-order valence-corrected chi connectivity index (χ0v) is 12.0. The fraction of sp³-hybridized carbons (Fsp3) is 0.438. The molecule has 0 radical (unpaired) electrons. The number of likely N-dealkylation sites (tertiary alicyclic amines) is 1. The van der Waals surface area contributed by atoms with E-state index in [1.54, 1.807) is 4.90 Å². The highest BCUT2D eigenvalue weighted by molar-refractivity contribution is 5.92. The molecule has 120 valence electrons. The standard InChI is InChI=1S/C16H18F3NO2/c17-16(18,19)13-7-4-12(5-8-13)6-9-15(22)20-10-2-1-3-14(20)11-21/h4-9,14,21H,1-3,10-11H2/b9-6+. The maximum absolute atomic E-state index is 12.5. The van der Waals surface area contributed by atoms with Crippen LogP contribution in [-0.2, 0) is 11.0 Å². The lowest BCUT2D eigenvalue weighted by molar-refractivity contribution is -0.137. The van der Waals surface area contributed by atoms with Gasteiger partial charge in [0.05, 0.1) is 18.2 Å². The number of rotatable bonds is 3. The van der Waals surface area contributed by atoms with Crippen molar-refractivity contribution in [1.29, 1.82) is 0 Å². The van der Waals surface area contributed by atoms with Crippen molar-refractivity contribution in [3.63, 3.8) is 0 Å². The second kappa shape index (κ2) is 6.96. The van der Waals surface area contributed by atoms with Gasteiger partial charge in [-0.2, -0.15) is 13.2 Å². The van der Waals surface area contributed by atoms with E-state index < -0.39 is 11.7 Å². The Hall–Kier alpha value is -1.82. The summed E-state index contributed by atoms with van der Waals surface area (Å²) in [5.74, 6) is -0.223. The van der Waals surface area contributed by atoms with E-state index in [0.717, 1.165) is 31.4 Å². The Morgan fingerprint density at radius 1 is 1.27 bits per heavy atom.